The first-order valence-corrected chi connectivity index (χ1v) is 8.72. The van der Waals surface area contributed by atoms with Crippen molar-refractivity contribution >= 4 is 0 Å². The predicted molar refractivity (Wildman–Crippen MR) is 81.4 cm³/mol. The lowest BCUT2D eigenvalue weighted by Gasteiger charge is -2.36. The predicted octanol–water partition coefficient (Wildman–Crippen LogP) is 1.22. The average Bonchev–Trinajstić information content (AvgIpc) is 2.39. The van der Waals surface area contributed by atoms with Gasteiger partial charge in [0.1, 0.15) is 13.1 Å². The molecule has 0 atom stereocenters. The van der Waals surface area contributed by atoms with Crippen LogP contribution in [0.15, 0.2) is 0 Å². The highest BCUT2D eigenvalue weighted by Crippen LogP contribution is 2.36. The number of hydrogen-bond donors (Lipinski definition) is 2. The van der Waals surface area contributed by atoms with Gasteiger partial charge in [0, 0.05) is 0 Å². The minimum absolute atomic E-state index is 0.531. The summed E-state index contributed by atoms with van der Waals surface area (Å²) in [5.74, 6) is 0.963. The maximum absolute atomic E-state index is 2.67. The molecule has 0 amide bonds. The van der Waals surface area contributed by atoms with E-state index in [0.717, 1.165) is 12.0 Å². The highest BCUT2D eigenvalue weighted by atomic mass is 15.1. The summed E-state index contributed by atoms with van der Waals surface area (Å²) in [6.45, 7) is 12.9. The molecule has 0 spiro atoms. The molecule has 2 nitrogen and oxygen atoms in total. The van der Waals surface area contributed by atoms with Crippen LogP contribution >= 0.6 is 0 Å². The second-order valence-electron chi connectivity index (χ2n) is 8.06. The van der Waals surface area contributed by atoms with Crippen molar-refractivity contribution in [3.05, 3.63) is 0 Å². The monoisotopic (exact) mass is 268 g/mol. The van der Waals surface area contributed by atoms with Gasteiger partial charge in [0.05, 0.1) is 19.1 Å². The Labute approximate surface area is 120 Å². The molecule has 1 heterocycles. The van der Waals surface area contributed by atoms with Crippen LogP contribution in [0.2, 0.25) is 0 Å². The maximum atomic E-state index is 2.67. The maximum Gasteiger partial charge on any atom is 0.127 e. The number of quaternary nitrogens is 2. The third-order valence-corrected chi connectivity index (χ3v) is 5.56. The van der Waals surface area contributed by atoms with E-state index in [9.17, 15) is 0 Å². The van der Waals surface area contributed by atoms with Crippen LogP contribution in [0.3, 0.4) is 0 Å². The number of nitrogens with two attached hydrogens (primary N) is 1. The molecule has 0 radical (unpaired) electrons. The summed E-state index contributed by atoms with van der Waals surface area (Å²) < 4.78 is 0. The van der Waals surface area contributed by atoms with E-state index in [1.165, 1.54) is 71.1 Å². The fourth-order valence-corrected chi connectivity index (χ4v) is 4.05. The van der Waals surface area contributed by atoms with Crippen molar-refractivity contribution in [1.29, 1.82) is 0 Å². The number of nitrogens with one attached hydrogen (secondary N) is 1. The smallest absolute Gasteiger partial charge is 0.127 e. The van der Waals surface area contributed by atoms with Crippen molar-refractivity contribution in [3.63, 3.8) is 0 Å². The van der Waals surface area contributed by atoms with Crippen molar-refractivity contribution < 1.29 is 10.2 Å². The molecule has 1 saturated heterocycles. The van der Waals surface area contributed by atoms with Crippen LogP contribution in [-0.2, 0) is 0 Å². The van der Waals surface area contributed by atoms with E-state index in [-0.39, 0.29) is 0 Å². The van der Waals surface area contributed by atoms with Crippen LogP contribution in [0.5, 0.6) is 0 Å². The Balaban J connectivity index is 1.58. The highest BCUT2D eigenvalue weighted by Gasteiger charge is 2.30. The normalized spacial score (nSPS) is 30.5. The Kier molecular flexibility index (Phi) is 5.70. The lowest BCUT2D eigenvalue weighted by atomic mass is 9.71. The van der Waals surface area contributed by atoms with Crippen LogP contribution in [0.1, 0.15) is 65.7 Å². The van der Waals surface area contributed by atoms with E-state index in [0.29, 0.717) is 5.41 Å². The Morgan fingerprint density at radius 2 is 1.58 bits per heavy atom. The van der Waals surface area contributed by atoms with E-state index in [1.807, 2.05) is 4.90 Å². The molecule has 0 aromatic carbocycles. The fourth-order valence-electron chi connectivity index (χ4n) is 4.05. The first-order valence-electron chi connectivity index (χ1n) is 8.72. The molecule has 19 heavy (non-hydrogen) atoms. The molecule has 0 unspecified atom stereocenters. The van der Waals surface area contributed by atoms with Gasteiger partial charge in [0.25, 0.3) is 0 Å². The molecule has 2 rings (SSSR count). The molecule has 0 aromatic heterocycles. The summed E-state index contributed by atoms with van der Waals surface area (Å²) in [5.41, 5.74) is 0.531. The Morgan fingerprint density at radius 3 is 2.16 bits per heavy atom. The number of piperidine rings is 1. The third-order valence-electron chi connectivity index (χ3n) is 5.56. The van der Waals surface area contributed by atoms with Gasteiger partial charge < -0.3 is 10.2 Å². The quantitative estimate of drug-likeness (QED) is 0.765. The molecule has 1 aliphatic carbocycles. The zero-order valence-corrected chi connectivity index (χ0v) is 13.5. The van der Waals surface area contributed by atoms with Gasteiger partial charge in [-0.2, -0.15) is 0 Å². The number of rotatable bonds is 4. The van der Waals surface area contributed by atoms with Crippen LogP contribution in [0, 0.1) is 11.3 Å². The molecule has 0 bridgehead atoms. The highest BCUT2D eigenvalue weighted by molar-refractivity contribution is 4.79. The topological polar surface area (TPSA) is 21.1 Å². The summed E-state index contributed by atoms with van der Waals surface area (Å²) in [6.07, 6.45) is 10.2. The SMILES string of the molecule is CC(C)(C)C1CCC([NH2+]CC[NH+]2CCCCC2)CC1. The van der Waals surface area contributed by atoms with Gasteiger partial charge in [-0.25, -0.2) is 0 Å². The molecule has 2 aliphatic rings. The summed E-state index contributed by atoms with van der Waals surface area (Å²) in [5, 5.41) is 2.67. The molecule has 1 saturated carbocycles. The molecule has 1 aliphatic heterocycles. The largest absolute Gasteiger partial charge is 0.339 e. The molecule has 112 valence electrons. The van der Waals surface area contributed by atoms with E-state index >= 15 is 0 Å². The minimum Gasteiger partial charge on any atom is -0.339 e. The van der Waals surface area contributed by atoms with Gasteiger partial charge in [0.2, 0.25) is 0 Å². The van der Waals surface area contributed by atoms with Gasteiger partial charge >= 0.3 is 0 Å². The molecule has 3 N–H and O–H groups in total. The second kappa shape index (κ2) is 7.08. The van der Waals surface area contributed by atoms with E-state index in [2.05, 4.69) is 26.1 Å². The van der Waals surface area contributed by atoms with Crippen molar-refractivity contribution in [2.75, 3.05) is 26.2 Å². The zero-order chi connectivity index (χ0) is 13.7. The van der Waals surface area contributed by atoms with Crippen LogP contribution in [0.4, 0.5) is 0 Å². The lowest BCUT2D eigenvalue weighted by molar-refractivity contribution is -0.918. The average molecular weight is 268 g/mol. The Hall–Kier alpha value is -0.0800. The van der Waals surface area contributed by atoms with E-state index in [1.54, 1.807) is 0 Å². The van der Waals surface area contributed by atoms with Gasteiger partial charge in [-0.3, -0.25) is 0 Å². The molecular weight excluding hydrogens is 232 g/mol. The zero-order valence-electron chi connectivity index (χ0n) is 13.5. The number of likely N-dealkylation sites (tertiary alicyclic amines) is 1. The van der Waals surface area contributed by atoms with Gasteiger partial charge in [0.15, 0.2) is 0 Å². The minimum atomic E-state index is 0.531. The molecule has 0 aromatic rings. The van der Waals surface area contributed by atoms with Gasteiger partial charge in [-0.1, -0.05) is 20.8 Å². The Morgan fingerprint density at radius 1 is 0.947 bits per heavy atom. The molecule has 2 heteroatoms. The first kappa shape index (κ1) is 15.3. The van der Waals surface area contributed by atoms with E-state index < -0.39 is 0 Å². The van der Waals surface area contributed by atoms with Crippen LogP contribution < -0.4 is 10.2 Å². The van der Waals surface area contributed by atoms with Gasteiger partial charge in [-0.05, 0) is 56.3 Å². The lowest BCUT2D eigenvalue weighted by Crippen LogP contribution is -3.15. The second-order valence-corrected chi connectivity index (χ2v) is 8.06. The van der Waals surface area contributed by atoms with Crippen molar-refractivity contribution in [3.8, 4) is 0 Å². The van der Waals surface area contributed by atoms with E-state index in [4.69, 9.17) is 0 Å². The standard InChI is InChI=1S/C17H34N2/c1-17(2,3)15-7-9-16(10-8-15)18-11-14-19-12-5-4-6-13-19/h15-16,18H,4-14H2,1-3H3/p+2. The first-order chi connectivity index (χ1) is 9.05. The van der Waals surface area contributed by atoms with Gasteiger partial charge in [-0.15, -0.1) is 0 Å². The number of hydrogen-bond acceptors (Lipinski definition) is 0. The third kappa shape index (κ3) is 5.07. The van der Waals surface area contributed by atoms with Crippen molar-refractivity contribution in [1.82, 2.24) is 0 Å². The Bertz CT molecular complexity index is 242. The fraction of sp³-hybridized carbons (Fsp3) is 1.00. The van der Waals surface area contributed by atoms with Crippen LogP contribution in [0.25, 0.3) is 0 Å². The van der Waals surface area contributed by atoms with Crippen LogP contribution in [-0.4, -0.2) is 32.2 Å². The van der Waals surface area contributed by atoms with Crippen molar-refractivity contribution in [2.24, 2.45) is 11.3 Å². The molecule has 2 fully saturated rings. The summed E-state index contributed by atoms with van der Waals surface area (Å²) >= 11 is 0. The summed E-state index contributed by atoms with van der Waals surface area (Å²) in [6, 6.07) is 0.933. The molecular formula is C17H36N2+2. The van der Waals surface area contributed by atoms with Crippen molar-refractivity contribution in [2.45, 2.75) is 71.8 Å². The summed E-state index contributed by atoms with van der Waals surface area (Å²) in [4.78, 5) is 1.87. The summed E-state index contributed by atoms with van der Waals surface area (Å²) in [7, 11) is 0.